The van der Waals surface area contributed by atoms with Gasteiger partial charge in [-0.1, -0.05) is 24.3 Å². The summed E-state index contributed by atoms with van der Waals surface area (Å²) in [4.78, 5) is 11.8. The third kappa shape index (κ3) is 3.31. The minimum absolute atomic E-state index is 0.00456. The van der Waals surface area contributed by atoms with E-state index in [0.29, 0.717) is 12.3 Å². The van der Waals surface area contributed by atoms with E-state index < -0.39 is 0 Å². The second-order valence-corrected chi connectivity index (χ2v) is 5.02. The van der Waals surface area contributed by atoms with E-state index >= 15 is 0 Å². The van der Waals surface area contributed by atoms with Crippen molar-refractivity contribution in [3.05, 3.63) is 53.6 Å². The zero-order valence-electron chi connectivity index (χ0n) is 12.3. The Morgan fingerprint density at radius 3 is 2.86 bits per heavy atom. The summed E-state index contributed by atoms with van der Waals surface area (Å²) in [6.07, 6.45) is 0. The van der Waals surface area contributed by atoms with Crippen LogP contribution in [-0.4, -0.2) is 19.3 Å². The Hall–Kier alpha value is -2.69. The first-order chi connectivity index (χ1) is 10.7. The number of nitrogens with one attached hydrogen (secondary N) is 1. The molecule has 5 heteroatoms. The Morgan fingerprint density at radius 1 is 1.18 bits per heavy atom. The van der Waals surface area contributed by atoms with Crippen molar-refractivity contribution in [3.63, 3.8) is 0 Å². The van der Waals surface area contributed by atoms with Crippen molar-refractivity contribution in [2.75, 3.05) is 13.4 Å². The minimum Gasteiger partial charge on any atom is -0.484 e. The third-order valence-electron chi connectivity index (χ3n) is 3.38. The highest BCUT2D eigenvalue weighted by Gasteiger charge is 2.13. The largest absolute Gasteiger partial charge is 0.484 e. The van der Waals surface area contributed by atoms with Crippen LogP contribution >= 0.6 is 0 Å². The number of para-hydroxylation sites is 1. The lowest BCUT2D eigenvalue weighted by molar-refractivity contribution is -0.123. The molecule has 0 aromatic heterocycles. The third-order valence-corrected chi connectivity index (χ3v) is 3.38. The van der Waals surface area contributed by atoms with Crippen molar-refractivity contribution in [1.82, 2.24) is 5.32 Å². The van der Waals surface area contributed by atoms with Crippen molar-refractivity contribution >= 4 is 5.91 Å². The predicted molar refractivity (Wildman–Crippen MR) is 81.1 cm³/mol. The van der Waals surface area contributed by atoms with E-state index in [1.54, 1.807) is 0 Å². The SMILES string of the molecule is Cc1ccccc1OCC(=O)NCc1ccc2c(c1)OCO2. The molecule has 1 amide bonds. The molecule has 0 spiro atoms. The number of fused-ring (bicyclic) bond motifs is 1. The van der Waals surface area contributed by atoms with E-state index in [9.17, 15) is 4.79 Å². The van der Waals surface area contributed by atoms with Crippen LogP contribution < -0.4 is 19.5 Å². The van der Waals surface area contributed by atoms with Crippen LogP contribution in [0.3, 0.4) is 0 Å². The van der Waals surface area contributed by atoms with Crippen LogP contribution in [0.25, 0.3) is 0 Å². The van der Waals surface area contributed by atoms with Gasteiger partial charge in [-0.05, 0) is 36.2 Å². The Kier molecular flexibility index (Phi) is 4.14. The van der Waals surface area contributed by atoms with Gasteiger partial charge in [-0.15, -0.1) is 0 Å². The Morgan fingerprint density at radius 2 is 2.00 bits per heavy atom. The molecule has 0 saturated carbocycles. The summed E-state index contributed by atoms with van der Waals surface area (Å²) >= 11 is 0. The summed E-state index contributed by atoms with van der Waals surface area (Å²) in [6, 6.07) is 13.2. The lowest BCUT2D eigenvalue weighted by Crippen LogP contribution is -2.28. The number of hydrogen-bond donors (Lipinski definition) is 1. The van der Waals surface area contributed by atoms with Crippen molar-refractivity contribution in [1.29, 1.82) is 0 Å². The zero-order valence-corrected chi connectivity index (χ0v) is 12.3. The Labute approximate surface area is 128 Å². The van der Waals surface area contributed by atoms with Crippen LogP contribution in [0, 0.1) is 6.92 Å². The number of hydrogen-bond acceptors (Lipinski definition) is 4. The van der Waals surface area contributed by atoms with Crippen LogP contribution in [0.5, 0.6) is 17.2 Å². The average molecular weight is 299 g/mol. The van der Waals surface area contributed by atoms with Gasteiger partial charge in [-0.3, -0.25) is 4.79 Å². The van der Waals surface area contributed by atoms with Crippen molar-refractivity contribution < 1.29 is 19.0 Å². The fourth-order valence-corrected chi connectivity index (χ4v) is 2.16. The lowest BCUT2D eigenvalue weighted by atomic mass is 10.2. The minimum atomic E-state index is -0.166. The topological polar surface area (TPSA) is 56.8 Å². The molecule has 1 N–H and O–H groups in total. The molecule has 0 bridgehead atoms. The summed E-state index contributed by atoms with van der Waals surface area (Å²) in [5, 5.41) is 2.82. The molecule has 3 rings (SSSR count). The van der Waals surface area contributed by atoms with Gasteiger partial charge in [0.1, 0.15) is 5.75 Å². The maximum absolute atomic E-state index is 11.8. The van der Waals surface area contributed by atoms with E-state index in [1.165, 1.54) is 0 Å². The Bertz CT molecular complexity index is 684. The quantitative estimate of drug-likeness (QED) is 0.921. The van der Waals surface area contributed by atoms with Gasteiger partial charge in [-0.2, -0.15) is 0 Å². The smallest absolute Gasteiger partial charge is 0.258 e. The molecular formula is C17H17NO4. The van der Waals surface area contributed by atoms with E-state index in [0.717, 1.165) is 22.6 Å². The maximum atomic E-state index is 11.8. The molecule has 22 heavy (non-hydrogen) atoms. The fourth-order valence-electron chi connectivity index (χ4n) is 2.16. The summed E-state index contributed by atoms with van der Waals surface area (Å²) in [5.74, 6) is 2.00. The van der Waals surface area contributed by atoms with Crippen molar-refractivity contribution in [2.24, 2.45) is 0 Å². The summed E-state index contributed by atoms with van der Waals surface area (Å²) in [6.45, 7) is 2.61. The molecule has 1 aliphatic rings. The number of carbonyl (C=O) groups excluding carboxylic acids is 1. The van der Waals surface area contributed by atoms with Gasteiger partial charge in [0, 0.05) is 6.54 Å². The van der Waals surface area contributed by atoms with Crippen molar-refractivity contribution in [2.45, 2.75) is 13.5 Å². The number of amides is 1. The van der Waals surface area contributed by atoms with Crippen LogP contribution in [0.1, 0.15) is 11.1 Å². The summed E-state index contributed by atoms with van der Waals surface area (Å²) in [5.41, 5.74) is 1.96. The fraction of sp³-hybridized carbons (Fsp3) is 0.235. The van der Waals surface area contributed by atoms with E-state index in [1.807, 2.05) is 49.4 Å². The Balaban J connectivity index is 1.49. The molecule has 1 heterocycles. The number of benzene rings is 2. The van der Waals surface area contributed by atoms with E-state index in [4.69, 9.17) is 14.2 Å². The molecule has 5 nitrogen and oxygen atoms in total. The zero-order chi connectivity index (χ0) is 15.4. The standard InChI is InChI=1S/C17H17NO4/c1-12-4-2-3-5-14(12)20-10-17(19)18-9-13-6-7-15-16(8-13)22-11-21-15/h2-8H,9-11H2,1H3,(H,18,19). The molecular weight excluding hydrogens is 282 g/mol. The molecule has 0 atom stereocenters. The summed E-state index contributed by atoms with van der Waals surface area (Å²) < 4.78 is 16.1. The van der Waals surface area contributed by atoms with Gasteiger partial charge in [0.25, 0.3) is 5.91 Å². The normalized spacial score (nSPS) is 12.0. The van der Waals surface area contributed by atoms with Crippen LogP contribution in [0.4, 0.5) is 0 Å². The van der Waals surface area contributed by atoms with Crippen LogP contribution in [0.15, 0.2) is 42.5 Å². The first kappa shape index (κ1) is 14.3. The van der Waals surface area contributed by atoms with Gasteiger partial charge >= 0.3 is 0 Å². The predicted octanol–water partition coefficient (Wildman–Crippen LogP) is 2.42. The highest BCUT2D eigenvalue weighted by atomic mass is 16.7. The molecule has 0 saturated heterocycles. The highest BCUT2D eigenvalue weighted by molar-refractivity contribution is 5.77. The monoisotopic (exact) mass is 299 g/mol. The number of rotatable bonds is 5. The molecule has 0 radical (unpaired) electrons. The first-order valence-corrected chi connectivity index (χ1v) is 7.06. The molecule has 0 aliphatic carbocycles. The van der Waals surface area contributed by atoms with Crippen LogP contribution in [0.2, 0.25) is 0 Å². The molecule has 2 aromatic carbocycles. The summed E-state index contributed by atoms with van der Waals surface area (Å²) in [7, 11) is 0. The lowest BCUT2D eigenvalue weighted by Gasteiger charge is -2.09. The average Bonchev–Trinajstić information content (AvgIpc) is 2.99. The molecule has 2 aromatic rings. The first-order valence-electron chi connectivity index (χ1n) is 7.06. The van der Waals surface area contributed by atoms with Gasteiger partial charge in [0.2, 0.25) is 6.79 Å². The molecule has 1 aliphatic heterocycles. The van der Waals surface area contributed by atoms with Gasteiger partial charge in [0.15, 0.2) is 18.1 Å². The maximum Gasteiger partial charge on any atom is 0.258 e. The van der Waals surface area contributed by atoms with Gasteiger partial charge in [0.05, 0.1) is 0 Å². The highest BCUT2D eigenvalue weighted by Crippen LogP contribution is 2.32. The molecule has 0 unspecified atom stereocenters. The second-order valence-electron chi connectivity index (χ2n) is 5.02. The molecule has 114 valence electrons. The van der Waals surface area contributed by atoms with E-state index in [2.05, 4.69) is 5.32 Å². The van der Waals surface area contributed by atoms with Gasteiger partial charge < -0.3 is 19.5 Å². The van der Waals surface area contributed by atoms with Crippen molar-refractivity contribution in [3.8, 4) is 17.2 Å². The van der Waals surface area contributed by atoms with Crippen LogP contribution in [-0.2, 0) is 11.3 Å². The van der Waals surface area contributed by atoms with E-state index in [-0.39, 0.29) is 19.3 Å². The van der Waals surface area contributed by atoms with Gasteiger partial charge in [-0.25, -0.2) is 0 Å². The number of carbonyl (C=O) groups is 1. The number of aryl methyl sites for hydroxylation is 1. The molecule has 0 fully saturated rings. The second kappa shape index (κ2) is 6.39. The number of ether oxygens (including phenoxy) is 3.